The summed E-state index contributed by atoms with van der Waals surface area (Å²) in [6.45, 7) is 3.75. The summed E-state index contributed by atoms with van der Waals surface area (Å²) >= 11 is 0. The van der Waals surface area contributed by atoms with Crippen molar-refractivity contribution in [3.63, 3.8) is 0 Å². The summed E-state index contributed by atoms with van der Waals surface area (Å²) in [7, 11) is 2.05. The number of nitrogens with one attached hydrogen (secondary N) is 1. The Labute approximate surface area is 121 Å². The Hall–Kier alpha value is -1.06. The average Bonchev–Trinajstić information content (AvgIpc) is 2.89. The molecule has 0 aromatic heterocycles. The van der Waals surface area contributed by atoms with E-state index in [-0.39, 0.29) is 0 Å². The van der Waals surface area contributed by atoms with Crippen molar-refractivity contribution in [1.82, 2.24) is 5.32 Å². The third-order valence-electron chi connectivity index (χ3n) is 4.63. The van der Waals surface area contributed by atoms with Gasteiger partial charge in [-0.2, -0.15) is 0 Å². The van der Waals surface area contributed by atoms with Crippen LogP contribution in [0.5, 0.6) is 5.75 Å². The minimum absolute atomic E-state index is 0.399. The molecule has 0 saturated heterocycles. The predicted molar refractivity (Wildman–Crippen MR) is 80.2 cm³/mol. The van der Waals surface area contributed by atoms with Crippen molar-refractivity contribution in [1.29, 1.82) is 0 Å². The molecule has 1 aromatic carbocycles. The van der Waals surface area contributed by atoms with E-state index < -0.39 is 0 Å². The Bertz CT molecular complexity index is 454. The van der Waals surface area contributed by atoms with Gasteiger partial charge in [-0.25, -0.2) is 0 Å². The highest BCUT2D eigenvalue weighted by atomic mass is 16.5. The maximum absolute atomic E-state index is 5.84. The molecule has 1 saturated carbocycles. The lowest BCUT2D eigenvalue weighted by molar-refractivity contribution is -0.0290. The summed E-state index contributed by atoms with van der Waals surface area (Å²) in [6.07, 6.45) is 5.15. The topological polar surface area (TPSA) is 30.5 Å². The van der Waals surface area contributed by atoms with E-state index in [4.69, 9.17) is 9.47 Å². The monoisotopic (exact) mass is 275 g/mol. The quantitative estimate of drug-likeness (QED) is 0.865. The molecule has 110 valence electrons. The van der Waals surface area contributed by atoms with Gasteiger partial charge in [0.25, 0.3) is 0 Å². The largest absolute Gasteiger partial charge is 0.493 e. The molecule has 1 N–H and O–H groups in total. The van der Waals surface area contributed by atoms with Gasteiger partial charge in [0.2, 0.25) is 0 Å². The molecule has 3 heteroatoms. The zero-order valence-electron chi connectivity index (χ0n) is 12.5. The average molecular weight is 275 g/mol. The highest BCUT2D eigenvalue weighted by molar-refractivity contribution is 5.45. The number of fused-ring (bicyclic) bond motifs is 1. The van der Waals surface area contributed by atoms with Gasteiger partial charge in [0.05, 0.1) is 12.7 Å². The van der Waals surface area contributed by atoms with Crippen LogP contribution in [0.3, 0.4) is 0 Å². The third kappa shape index (κ3) is 2.70. The van der Waals surface area contributed by atoms with Gasteiger partial charge in [-0.05, 0) is 44.7 Å². The summed E-state index contributed by atoms with van der Waals surface area (Å²) in [4.78, 5) is 0. The molecule has 1 aliphatic carbocycles. The molecule has 1 aromatic rings. The highest BCUT2D eigenvalue weighted by Gasteiger charge is 2.32. The highest BCUT2D eigenvalue weighted by Crippen LogP contribution is 2.40. The first-order chi connectivity index (χ1) is 9.81. The summed E-state index contributed by atoms with van der Waals surface area (Å²) in [5, 5.41) is 3.47. The maximum Gasteiger partial charge on any atom is 0.127 e. The Morgan fingerprint density at radius 1 is 1.40 bits per heavy atom. The van der Waals surface area contributed by atoms with Gasteiger partial charge in [-0.15, -0.1) is 0 Å². The van der Waals surface area contributed by atoms with E-state index >= 15 is 0 Å². The SMILES string of the molecule is CCOC1CC(CC(NC)c2cccc3c2OCC3)C1. The van der Waals surface area contributed by atoms with Crippen molar-refractivity contribution < 1.29 is 9.47 Å². The summed E-state index contributed by atoms with van der Waals surface area (Å²) in [5.41, 5.74) is 2.70. The fourth-order valence-corrected chi connectivity index (χ4v) is 3.49. The van der Waals surface area contributed by atoms with Gasteiger partial charge in [0.15, 0.2) is 0 Å². The number of benzene rings is 1. The predicted octanol–water partition coefficient (Wildman–Crippen LogP) is 3.09. The first-order valence-electron chi connectivity index (χ1n) is 7.85. The lowest BCUT2D eigenvalue weighted by Gasteiger charge is -2.37. The molecule has 0 amide bonds. The molecule has 0 spiro atoms. The van der Waals surface area contributed by atoms with Crippen molar-refractivity contribution in [2.45, 2.75) is 44.8 Å². The molecule has 1 aliphatic heterocycles. The number of hydrogen-bond donors (Lipinski definition) is 1. The van der Waals surface area contributed by atoms with Gasteiger partial charge in [0, 0.05) is 24.6 Å². The Kier molecular flexibility index (Phi) is 4.27. The molecule has 3 rings (SSSR count). The maximum atomic E-state index is 5.84. The number of hydrogen-bond acceptors (Lipinski definition) is 3. The molecule has 1 unspecified atom stereocenters. The number of ether oxygens (including phenoxy) is 2. The van der Waals surface area contributed by atoms with Crippen molar-refractivity contribution in [3.05, 3.63) is 29.3 Å². The van der Waals surface area contributed by atoms with Crippen molar-refractivity contribution in [3.8, 4) is 5.75 Å². The van der Waals surface area contributed by atoms with Gasteiger partial charge in [-0.1, -0.05) is 18.2 Å². The van der Waals surface area contributed by atoms with Gasteiger partial charge in [0.1, 0.15) is 5.75 Å². The van der Waals surface area contributed by atoms with Crippen LogP contribution in [0.4, 0.5) is 0 Å². The molecule has 1 fully saturated rings. The standard InChI is InChI=1S/C17H25NO2/c1-3-19-14-9-12(10-14)11-16(18-2)15-6-4-5-13-7-8-20-17(13)15/h4-6,12,14,16,18H,3,7-11H2,1-2H3. The fraction of sp³-hybridized carbons (Fsp3) is 0.647. The van der Waals surface area contributed by atoms with Gasteiger partial charge >= 0.3 is 0 Å². The van der Waals surface area contributed by atoms with Crippen LogP contribution in [0.15, 0.2) is 18.2 Å². The zero-order chi connectivity index (χ0) is 13.9. The number of para-hydroxylation sites is 1. The van der Waals surface area contributed by atoms with Crippen LogP contribution >= 0.6 is 0 Å². The first kappa shape index (κ1) is 13.9. The first-order valence-corrected chi connectivity index (χ1v) is 7.85. The van der Waals surface area contributed by atoms with Crippen molar-refractivity contribution in [2.24, 2.45) is 5.92 Å². The minimum atomic E-state index is 0.399. The van der Waals surface area contributed by atoms with Crippen molar-refractivity contribution in [2.75, 3.05) is 20.3 Å². The second-order valence-electron chi connectivity index (χ2n) is 5.93. The third-order valence-corrected chi connectivity index (χ3v) is 4.63. The Morgan fingerprint density at radius 3 is 3.00 bits per heavy atom. The van der Waals surface area contributed by atoms with E-state index in [2.05, 4.69) is 37.5 Å². The lowest BCUT2D eigenvalue weighted by atomic mass is 9.77. The van der Waals surface area contributed by atoms with Crippen LogP contribution in [0.1, 0.15) is 43.4 Å². The van der Waals surface area contributed by atoms with Crippen LogP contribution in [-0.2, 0) is 11.2 Å². The lowest BCUT2D eigenvalue weighted by Crippen LogP contribution is -2.34. The Morgan fingerprint density at radius 2 is 2.25 bits per heavy atom. The second-order valence-corrected chi connectivity index (χ2v) is 5.93. The molecular weight excluding hydrogens is 250 g/mol. The second kappa shape index (κ2) is 6.15. The molecule has 1 atom stereocenters. The Balaban J connectivity index is 1.64. The zero-order valence-corrected chi connectivity index (χ0v) is 12.5. The molecule has 0 radical (unpaired) electrons. The molecule has 3 nitrogen and oxygen atoms in total. The minimum Gasteiger partial charge on any atom is -0.493 e. The van der Waals surface area contributed by atoms with E-state index in [1.165, 1.54) is 30.4 Å². The van der Waals surface area contributed by atoms with Crippen LogP contribution in [0, 0.1) is 5.92 Å². The fourth-order valence-electron chi connectivity index (χ4n) is 3.49. The molecule has 1 heterocycles. The smallest absolute Gasteiger partial charge is 0.127 e. The number of rotatable bonds is 6. The van der Waals surface area contributed by atoms with Crippen LogP contribution < -0.4 is 10.1 Å². The molecule has 20 heavy (non-hydrogen) atoms. The molecule has 0 bridgehead atoms. The van der Waals surface area contributed by atoms with Gasteiger partial charge < -0.3 is 14.8 Å². The van der Waals surface area contributed by atoms with E-state index in [1.807, 2.05) is 0 Å². The molecule has 2 aliphatic rings. The van der Waals surface area contributed by atoms with Crippen LogP contribution in [0.2, 0.25) is 0 Å². The van der Waals surface area contributed by atoms with E-state index in [0.29, 0.717) is 12.1 Å². The van der Waals surface area contributed by atoms with Crippen molar-refractivity contribution >= 4 is 0 Å². The van der Waals surface area contributed by atoms with E-state index in [1.54, 1.807) is 0 Å². The summed E-state index contributed by atoms with van der Waals surface area (Å²) in [6, 6.07) is 6.96. The van der Waals surface area contributed by atoms with Crippen LogP contribution in [-0.4, -0.2) is 26.4 Å². The van der Waals surface area contributed by atoms with Crippen LogP contribution in [0.25, 0.3) is 0 Å². The van der Waals surface area contributed by atoms with E-state index in [9.17, 15) is 0 Å². The summed E-state index contributed by atoms with van der Waals surface area (Å²) < 4.78 is 11.5. The van der Waals surface area contributed by atoms with Gasteiger partial charge in [-0.3, -0.25) is 0 Å². The molecular formula is C17H25NO2. The normalized spacial score (nSPS) is 25.7. The van der Waals surface area contributed by atoms with E-state index in [0.717, 1.165) is 31.3 Å². The summed E-state index contributed by atoms with van der Waals surface area (Å²) in [5.74, 6) is 1.91.